The number of rotatable bonds is 6. The number of sulfonamides is 1. The van der Waals surface area contributed by atoms with E-state index in [0.717, 1.165) is 30.2 Å². The van der Waals surface area contributed by atoms with Crippen LogP contribution in [0.2, 0.25) is 4.47 Å². The summed E-state index contributed by atoms with van der Waals surface area (Å²) in [6, 6.07) is 3.53. The molecule has 1 aromatic carbocycles. The van der Waals surface area contributed by atoms with Crippen LogP contribution in [0.3, 0.4) is 0 Å². The van der Waals surface area contributed by atoms with Crippen LogP contribution < -0.4 is 10.0 Å². The zero-order chi connectivity index (χ0) is 17.5. The Bertz CT molecular complexity index is 910. The van der Waals surface area contributed by atoms with Crippen LogP contribution in [0.5, 0.6) is 0 Å². The molecule has 0 saturated heterocycles. The molecule has 0 amide bonds. The van der Waals surface area contributed by atoms with Crippen molar-refractivity contribution in [3.63, 3.8) is 0 Å². The molecule has 0 unspecified atom stereocenters. The molecular formula is C12H12ClN5O4S2. The van der Waals surface area contributed by atoms with Crippen molar-refractivity contribution in [2.24, 2.45) is 0 Å². The van der Waals surface area contributed by atoms with Gasteiger partial charge in [-0.15, -0.1) is 10.2 Å². The minimum atomic E-state index is -3.78. The van der Waals surface area contributed by atoms with Crippen LogP contribution in [0, 0.1) is 10.1 Å². The monoisotopic (exact) mass is 389 g/mol. The summed E-state index contributed by atoms with van der Waals surface area (Å²) < 4.78 is 27.6. The highest BCUT2D eigenvalue weighted by atomic mass is 35.5. The molecule has 3 rings (SSSR count). The maximum absolute atomic E-state index is 12.4. The standard InChI is InChI=1S/C12H12ClN5O4S2/c1-12(4-5-12)17-24(21,22)7-2-3-9(18(19)20)8(6-7)14-11-16-15-10(13)23-11/h2-3,6,17H,4-5H2,1H3,(H,14,16). The van der Waals surface area contributed by atoms with Crippen LogP contribution in [0.15, 0.2) is 23.1 Å². The average Bonchev–Trinajstić information content (AvgIpc) is 3.05. The van der Waals surface area contributed by atoms with Crippen molar-refractivity contribution in [2.75, 3.05) is 5.32 Å². The van der Waals surface area contributed by atoms with Crippen molar-refractivity contribution in [3.05, 3.63) is 32.8 Å². The van der Waals surface area contributed by atoms with Crippen LogP contribution in [0.1, 0.15) is 19.8 Å². The lowest BCUT2D eigenvalue weighted by molar-refractivity contribution is -0.384. The van der Waals surface area contributed by atoms with E-state index >= 15 is 0 Å². The van der Waals surface area contributed by atoms with Gasteiger partial charge in [-0.3, -0.25) is 10.1 Å². The van der Waals surface area contributed by atoms with Crippen molar-refractivity contribution in [1.29, 1.82) is 0 Å². The molecule has 0 bridgehead atoms. The van der Waals surface area contributed by atoms with Crippen molar-refractivity contribution in [1.82, 2.24) is 14.9 Å². The molecule has 9 nitrogen and oxygen atoms in total. The molecule has 1 saturated carbocycles. The summed E-state index contributed by atoms with van der Waals surface area (Å²) in [6.07, 6.45) is 1.52. The Morgan fingerprint density at radius 2 is 2.08 bits per heavy atom. The van der Waals surface area contributed by atoms with Gasteiger partial charge < -0.3 is 5.32 Å². The normalized spacial score (nSPS) is 15.9. The lowest BCUT2D eigenvalue weighted by atomic mass is 10.3. The van der Waals surface area contributed by atoms with Gasteiger partial charge in [-0.2, -0.15) is 0 Å². The molecule has 0 atom stereocenters. The Hall–Kier alpha value is -1.82. The Labute approximate surface area is 146 Å². The number of halogens is 1. The Morgan fingerprint density at radius 1 is 1.38 bits per heavy atom. The average molecular weight is 390 g/mol. The number of anilines is 2. The predicted molar refractivity (Wildman–Crippen MR) is 89.3 cm³/mol. The zero-order valence-electron chi connectivity index (χ0n) is 12.3. The summed E-state index contributed by atoms with van der Waals surface area (Å²) in [5.74, 6) is 0. The molecule has 2 N–H and O–H groups in total. The van der Waals surface area contributed by atoms with E-state index in [-0.39, 0.29) is 25.9 Å². The maximum Gasteiger partial charge on any atom is 0.292 e. The second kappa shape index (κ2) is 5.92. The Balaban J connectivity index is 1.97. The number of nitro benzene ring substituents is 1. The van der Waals surface area contributed by atoms with Gasteiger partial charge in [0.1, 0.15) is 5.69 Å². The zero-order valence-corrected chi connectivity index (χ0v) is 14.7. The molecule has 1 aliphatic rings. The van der Waals surface area contributed by atoms with Crippen LogP contribution in [-0.2, 0) is 10.0 Å². The second-order valence-corrected chi connectivity index (χ2v) is 8.83. The van der Waals surface area contributed by atoms with Gasteiger partial charge in [0.05, 0.1) is 9.82 Å². The predicted octanol–water partition coefficient (Wildman–Crippen LogP) is 2.67. The Kier molecular flexibility index (Phi) is 4.20. The highest BCUT2D eigenvalue weighted by molar-refractivity contribution is 7.89. The van der Waals surface area contributed by atoms with E-state index in [9.17, 15) is 18.5 Å². The number of nitrogens with zero attached hydrogens (tertiary/aromatic N) is 3. The molecule has 1 aliphatic carbocycles. The maximum atomic E-state index is 12.4. The number of hydrogen-bond donors (Lipinski definition) is 2. The fourth-order valence-corrected chi connectivity index (χ4v) is 4.22. The highest BCUT2D eigenvalue weighted by Crippen LogP contribution is 2.37. The van der Waals surface area contributed by atoms with E-state index in [2.05, 4.69) is 20.2 Å². The van der Waals surface area contributed by atoms with E-state index < -0.39 is 20.5 Å². The van der Waals surface area contributed by atoms with Gasteiger partial charge in [0.15, 0.2) is 0 Å². The van der Waals surface area contributed by atoms with E-state index in [4.69, 9.17) is 11.6 Å². The molecule has 12 heteroatoms. The minimum absolute atomic E-state index is 0.00311. The van der Waals surface area contributed by atoms with E-state index in [0.29, 0.717) is 0 Å². The van der Waals surface area contributed by atoms with E-state index in [1.165, 1.54) is 12.1 Å². The third kappa shape index (κ3) is 3.64. The number of benzene rings is 1. The summed E-state index contributed by atoms with van der Waals surface area (Å²) in [5, 5.41) is 21.4. The summed E-state index contributed by atoms with van der Waals surface area (Å²) in [7, 11) is -3.78. The smallest absolute Gasteiger partial charge is 0.292 e. The van der Waals surface area contributed by atoms with Crippen LogP contribution >= 0.6 is 22.9 Å². The molecule has 1 fully saturated rings. The molecule has 24 heavy (non-hydrogen) atoms. The van der Waals surface area contributed by atoms with Gasteiger partial charge >= 0.3 is 0 Å². The topological polar surface area (TPSA) is 127 Å². The quantitative estimate of drug-likeness (QED) is 0.574. The van der Waals surface area contributed by atoms with Crippen molar-refractivity contribution in [2.45, 2.75) is 30.2 Å². The van der Waals surface area contributed by atoms with Gasteiger partial charge in [0.25, 0.3) is 5.69 Å². The van der Waals surface area contributed by atoms with Crippen LogP contribution in [-0.4, -0.2) is 29.1 Å². The first-order valence-electron chi connectivity index (χ1n) is 6.77. The summed E-state index contributed by atoms with van der Waals surface area (Å²) in [4.78, 5) is 10.5. The molecule has 0 spiro atoms. The molecule has 0 aliphatic heterocycles. The summed E-state index contributed by atoms with van der Waals surface area (Å²) >= 11 is 6.66. The lowest BCUT2D eigenvalue weighted by Gasteiger charge is -2.13. The second-order valence-electron chi connectivity index (χ2n) is 5.59. The first-order valence-corrected chi connectivity index (χ1v) is 9.45. The molecule has 1 aromatic heterocycles. The first kappa shape index (κ1) is 17.0. The highest BCUT2D eigenvalue weighted by Gasteiger charge is 2.41. The van der Waals surface area contributed by atoms with Gasteiger partial charge in [-0.05, 0) is 43.5 Å². The van der Waals surface area contributed by atoms with E-state index in [1.54, 1.807) is 6.92 Å². The molecule has 0 radical (unpaired) electrons. The van der Waals surface area contributed by atoms with Gasteiger partial charge in [-0.25, -0.2) is 13.1 Å². The van der Waals surface area contributed by atoms with Crippen LogP contribution in [0.25, 0.3) is 0 Å². The van der Waals surface area contributed by atoms with Crippen molar-refractivity contribution in [3.8, 4) is 0 Å². The third-order valence-electron chi connectivity index (χ3n) is 3.50. The number of hydrogen-bond acceptors (Lipinski definition) is 8. The minimum Gasteiger partial charge on any atom is -0.324 e. The SMILES string of the molecule is CC1(NS(=O)(=O)c2ccc([N+](=O)[O-])c(Nc3nnc(Cl)s3)c2)CC1. The van der Waals surface area contributed by atoms with Crippen molar-refractivity contribution >= 4 is 49.5 Å². The summed E-state index contributed by atoms with van der Waals surface area (Å²) in [5.41, 5.74) is -0.726. The van der Waals surface area contributed by atoms with Gasteiger partial charge in [-0.1, -0.05) is 11.3 Å². The molecule has 128 valence electrons. The lowest BCUT2D eigenvalue weighted by Crippen LogP contribution is -2.34. The molecule has 2 aromatic rings. The largest absolute Gasteiger partial charge is 0.324 e. The first-order chi connectivity index (χ1) is 11.2. The summed E-state index contributed by atoms with van der Waals surface area (Å²) in [6.45, 7) is 1.80. The fourth-order valence-electron chi connectivity index (χ4n) is 1.99. The van der Waals surface area contributed by atoms with Crippen molar-refractivity contribution < 1.29 is 13.3 Å². The van der Waals surface area contributed by atoms with Crippen LogP contribution in [0.4, 0.5) is 16.5 Å². The third-order valence-corrected chi connectivity index (χ3v) is 6.07. The molecule has 1 heterocycles. The fraction of sp³-hybridized carbons (Fsp3) is 0.333. The number of nitro groups is 1. The number of nitrogens with one attached hydrogen (secondary N) is 2. The van der Waals surface area contributed by atoms with Gasteiger partial charge in [0.2, 0.25) is 19.6 Å². The Morgan fingerprint density at radius 3 is 2.62 bits per heavy atom. The number of aromatic nitrogens is 2. The van der Waals surface area contributed by atoms with Gasteiger partial charge in [0, 0.05) is 11.6 Å². The van der Waals surface area contributed by atoms with E-state index in [1.807, 2.05) is 0 Å². The molecular weight excluding hydrogens is 378 g/mol.